The lowest BCUT2D eigenvalue weighted by atomic mass is 10.1. The zero-order chi connectivity index (χ0) is 20.1. The van der Waals surface area contributed by atoms with Gasteiger partial charge in [-0.05, 0) is 30.7 Å². The molecule has 1 saturated heterocycles. The van der Waals surface area contributed by atoms with E-state index in [4.69, 9.17) is 14.2 Å². The lowest BCUT2D eigenvalue weighted by molar-refractivity contribution is -0.0300. The second kappa shape index (κ2) is 9.13. The van der Waals surface area contributed by atoms with E-state index in [0.29, 0.717) is 37.9 Å². The molecule has 0 bridgehead atoms. The molecule has 0 aliphatic carbocycles. The van der Waals surface area contributed by atoms with Gasteiger partial charge in [0.2, 0.25) is 10.0 Å². The van der Waals surface area contributed by atoms with Gasteiger partial charge < -0.3 is 14.2 Å². The van der Waals surface area contributed by atoms with Gasteiger partial charge in [-0.1, -0.05) is 30.3 Å². The number of nitrogens with one attached hydrogen (secondary N) is 1. The summed E-state index contributed by atoms with van der Waals surface area (Å²) >= 11 is 0. The Morgan fingerprint density at radius 2 is 1.79 bits per heavy atom. The Morgan fingerprint density at radius 1 is 1.00 bits per heavy atom. The van der Waals surface area contributed by atoms with Crippen molar-refractivity contribution >= 4 is 10.0 Å². The van der Waals surface area contributed by atoms with Crippen LogP contribution in [0.25, 0.3) is 0 Å². The first kappa shape index (κ1) is 20.2. The molecule has 7 nitrogen and oxygen atoms in total. The number of benzene rings is 2. The van der Waals surface area contributed by atoms with E-state index in [1.54, 1.807) is 12.1 Å². The molecule has 0 spiro atoms. The van der Waals surface area contributed by atoms with Crippen molar-refractivity contribution in [2.24, 2.45) is 0 Å². The summed E-state index contributed by atoms with van der Waals surface area (Å²) in [4.78, 5) is 2.51. The largest absolute Gasteiger partial charge is 0.486 e. The van der Waals surface area contributed by atoms with Crippen LogP contribution in [0.4, 0.5) is 0 Å². The Balaban J connectivity index is 1.26. The summed E-state index contributed by atoms with van der Waals surface area (Å²) < 4.78 is 44.6. The number of fused-ring (bicyclic) bond motifs is 1. The third kappa shape index (κ3) is 5.08. The van der Waals surface area contributed by atoms with E-state index < -0.39 is 10.0 Å². The third-order valence-electron chi connectivity index (χ3n) is 5.09. The van der Waals surface area contributed by atoms with E-state index in [1.165, 1.54) is 11.6 Å². The molecule has 2 heterocycles. The van der Waals surface area contributed by atoms with Gasteiger partial charge in [-0.2, -0.15) is 0 Å². The minimum Gasteiger partial charge on any atom is -0.486 e. The SMILES string of the molecule is O=S(=O)(NCCCN1CCO[C@@H](c2ccccc2)C1)c1ccc2c(c1)OCCO2. The Kier molecular flexibility index (Phi) is 6.34. The minimum atomic E-state index is -3.58. The van der Waals surface area contributed by atoms with Crippen molar-refractivity contribution in [1.82, 2.24) is 9.62 Å². The fourth-order valence-corrected chi connectivity index (χ4v) is 4.65. The highest BCUT2D eigenvalue weighted by atomic mass is 32.2. The topological polar surface area (TPSA) is 77.1 Å². The maximum absolute atomic E-state index is 12.6. The molecule has 0 unspecified atom stereocenters. The predicted octanol–water partition coefficient (Wildman–Crippen LogP) is 2.20. The van der Waals surface area contributed by atoms with Crippen LogP contribution in [-0.2, 0) is 14.8 Å². The van der Waals surface area contributed by atoms with Crippen LogP contribution in [0.2, 0.25) is 0 Å². The quantitative estimate of drug-likeness (QED) is 0.695. The highest BCUT2D eigenvalue weighted by Crippen LogP contribution is 2.32. The molecule has 4 rings (SSSR count). The maximum Gasteiger partial charge on any atom is 0.240 e. The van der Waals surface area contributed by atoms with Crippen LogP contribution in [0.15, 0.2) is 53.4 Å². The first-order chi connectivity index (χ1) is 14.1. The molecular formula is C21H26N2O5S. The molecule has 2 aromatic rings. The van der Waals surface area contributed by atoms with Gasteiger partial charge in [0, 0.05) is 25.7 Å². The molecule has 0 amide bonds. The van der Waals surface area contributed by atoms with Crippen LogP contribution < -0.4 is 14.2 Å². The molecule has 1 atom stereocenters. The van der Waals surface area contributed by atoms with E-state index in [9.17, 15) is 8.42 Å². The molecule has 8 heteroatoms. The van der Waals surface area contributed by atoms with Crippen molar-refractivity contribution in [1.29, 1.82) is 0 Å². The summed E-state index contributed by atoms with van der Waals surface area (Å²) in [6, 6.07) is 14.9. The van der Waals surface area contributed by atoms with Crippen LogP contribution in [0.3, 0.4) is 0 Å². The van der Waals surface area contributed by atoms with Gasteiger partial charge in [0.15, 0.2) is 11.5 Å². The highest BCUT2D eigenvalue weighted by Gasteiger charge is 2.22. The van der Waals surface area contributed by atoms with Gasteiger partial charge in [0.25, 0.3) is 0 Å². The number of ether oxygens (including phenoxy) is 3. The molecule has 156 valence electrons. The lowest BCUT2D eigenvalue weighted by Gasteiger charge is -2.33. The van der Waals surface area contributed by atoms with Crippen LogP contribution in [0.5, 0.6) is 11.5 Å². The van der Waals surface area contributed by atoms with Crippen molar-refractivity contribution in [2.45, 2.75) is 17.4 Å². The molecule has 0 saturated carbocycles. The second-order valence-corrected chi connectivity index (χ2v) is 8.89. The summed E-state index contributed by atoms with van der Waals surface area (Å²) in [6.45, 7) is 4.46. The van der Waals surface area contributed by atoms with Gasteiger partial charge in [-0.3, -0.25) is 4.90 Å². The summed E-state index contributed by atoms with van der Waals surface area (Å²) in [7, 11) is -3.58. The monoisotopic (exact) mass is 418 g/mol. The van der Waals surface area contributed by atoms with E-state index in [1.807, 2.05) is 18.2 Å². The van der Waals surface area contributed by atoms with E-state index in [-0.39, 0.29) is 11.0 Å². The smallest absolute Gasteiger partial charge is 0.240 e. The van der Waals surface area contributed by atoms with Crippen molar-refractivity contribution < 1.29 is 22.6 Å². The number of nitrogens with zero attached hydrogens (tertiary/aromatic N) is 1. The molecule has 1 N–H and O–H groups in total. The molecule has 1 fully saturated rings. The van der Waals surface area contributed by atoms with Gasteiger partial charge in [-0.15, -0.1) is 0 Å². The molecule has 0 aromatic heterocycles. The van der Waals surface area contributed by atoms with Crippen LogP contribution in [-0.4, -0.2) is 59.3 Å². The van der Waals surface area contributed by atoms with Gasteiger partial charge >= 0.3 is 0 Å². The molecule has 2 aliphatic heterocycles. The molecule has 29 heavy (non-hydrogen) atoms. The van der Waals surface area contributed by atoms with Crippen molar-refractivity contribution in [3.8, 4) is 11.5 Å². The molecular weight excluding hydrogens is 392 g/mol. The fraction of sp³-hybridized carbons (Fsp3) is 0.429. The summed E-state index contributed by atoms with van der Waals surface area (Å²) in [6.07, 6.45) is 0.796. The number of sulfonamides is 1. The summed E-state index contributed by atoms with van der Waals surface area (Å²) in [5.74, 6) is 1.05. The van der Waals surface area contributed by atoms with Crippen molar-refractivity contribution in [3.63, 3.8) is 0 Å². The second-order valence-electron chi connectivity index (χ2n) is 7.13. The van der Waals surface area contributed by atoms with Crippen LogP contribution >= 0.6 is 0 Å². The van der Waals surface area contributed by atoms with Gasteiger partial charge in [0.05, 0.1) is 17.6 Å². The maximum atomic E-state index is 12.6. The van der Waals surface area contributed by atoms with Crippen molar-refractivity contribution in [2.75, 3.05) is 46.0 Å². The van der Waals surface area contributed by atoms with E-state index in [0.717, 1.165) is 26.1 Å². The van der Waals surface area contributed by atoms with Crippen LogP contribution in [0.1, 0.15) is 18.1 Å². The Morgan fingerprint density at radius 3 is 2.62 bits per heavy atom. The number of hydrogen-bond donors (Lipinski definition) is 1. The Hall–Kier alpha value is -2.13. The summed E-state index contributed by atoms with van der Waals surface area (Å²) in [5.41, 5.74) is 1.18. The normalized spacial score (nSPS) is 19.8. The predicted molar refractivity (Wildman–Crippen MR) is 109 cm³/mol. The lowest BCUT2D eigenvalue weighted by Crippen LogP contribution is -2.39. The third-order valence-corrected chi connectivity index (χ3v) is 6.55. The van der Waals surface area contributed by atoms with E-state index >= 15 is 0 Å². The number of rotatable bonds is 7. The number of hydrogen-bond acceptors (Lipinski definition) is 6. The standard InChI is InChI=1S/C21H26N2O5S/c24-29(25,18-7-8-19-20(15-18)28-14-13-27-19)22-9-4-10-23-11-12-26-21(16-23)17-5-2-1-3-6-17/h1-3,5-8,15,21-22H,4,9-14,16H2/t21-/m1/s1. The molecule has 0 radical (unpaired) electrons. The first-order valence-electron chi connectivity index (χ1n) is 9.90. The zero-order valence-corrected chi connectivity index (χ0v) is 17.1. The average molecular weight is 419 g/mol. The van der Waals surface area contributed by atoms with Gasteiger partial charge in [-0.25, -0.2) is 13.1 Å². The Bertz CT molecular complexity index is 920. The van der Waals surface area contributed by atoms with Crippen LogP contribution in [0, 0.1) is 0 Å². The molecule has 2 aromatic carbocycles. The number of morpholine rings is 1. The van der Waals surface area contributed by atoms with Gasteiger partial charge in [0.1, 0.15) is 13.2 Å². The minimum absolute atomic E-state index is 0.0688. The summed E-state index contributed by atoms with van der Waals surface area (Å²) in [5, 5.41) is 0. The average Bonchev–Trinajstić information content (AvgIpc) is 2.77. The molecule has 2 aliphatic rings. The van der Waals surface area contributed by atoms with E-state index in [2.05, 4.69) is 21.8 Å². The highest BCUT2D eigenvalue weighted by molar-refractivity contribution is 7.89. The first-order valence-corrected chi connectivity index (χ1v) is 11.4. The fourth-order valence-electron chi connectivity index (χ4n) is 3.56. The van der Waals surface area contributed by atoms with Crippen molar-refractivity contribution in [3.05, 3.63) is 54.1 Å². The Labute approximate surface area is 171 Å². The zero-order valence-electron chi connectivity index (χ0n) is 16.2.